The Labute approximate surface area is 94.1 Å². The highest BCUT2D eigenvalue weighted by molar-refractivity contribution is 6.17. The van der Waals surface area contributed by atoms with Crippen molar-refractivity contribution in [1.82, 2.24) is 15.5 Å². The second-order valence-corrected chi connectivity index (χ2v) is 4.56. The lowest BCUT2D eigenvalue weighted by molar-refractivity contribution is -0.139. The molecule has 2 amide bonds. The van der Waals surface area contributed by atoms with Gasteiger partial charge in [0, 0.05) is 26.2 Å². The summed E-state index contributed by atoms with van der Waals surface area (Å²) in [5, 5.41) is 5.89. The third kappa shape index (κ3) is 1.80. The molecule has 6 nitrogen and oxygen atoms in total. The van der Waals surface area contributed by atoms with E-state index in [4.69, 9.17) is 0 Å². The summed E-state index contributed by atoms with van der Waals surface area (Å²) in [6, 6.07) is 0. The summed E-state index contributed by atoms with van der Waals surface area (Å²) in [7, 11) is 0. The Bertz CT molecular complexity index is 356. The number of hydrogen-bond donors (Lipinski definition) is 2. The Morgan fingerprint density at radius 1 is 1.25 bits per heavy atom. The van der Waals surface area contributed by atoms with Gasteiger partial charge in [0.2, 0.25) is 11.9 Å². The predicted octanol–water partition coefficient (Wildman–Crippen LogP) is -1.07. The van der Waals surface area contributed by atoms with Crippen molar-refractivity contribution in [3.05, 3.63) is 0 Å². The van der Waals surface area contributed by atoms with Crippen LogP contribution in [0.25, 0.3) is 0 Å². The zero-order valence-corrected chi connectivity index (χ0v) is 9.54. The molecule has 0 aliphatic carbocycles. The van der Waals surface area contributed by atoms with E-state index in [-0.39, 0.29) is 11.8 Å². The summed E-state index contributed by atoms with van der Waals surface area (Å²) in [5.41, 5.74) is -1.04. The van der Waals surface area contributed by atoms with Gasteiger partial charge in [-0.05, 0) is 13.8 Å². The lowest BCUT2D eigenvalue weighted by Gasteiger charge is -2.34. The zero-order chi connectivity index (χ0) is 11.8. The number of rotatable bonds is 0. The first kappa shape index (κ1) is 11.1. The van der Waals surface area contributed by atoms with Gasteiger partial charge >= 0.3 is 0 Å². The molecule has 2 aliphatic rings. The van der Waals surface area contributed by atoms with Gasteiger partial charge in [0.1, 0.15) is 5.41 Å². The molecule has 2 rings (SSSR count). The lowest BCUT2D eigenvalue weighted by atomic mass is 9.90. The molecule has 16 heavy (non-hydrogen) atoms. The standard InChI is InChI=1S/C10H16N4O2/c1-10(2)7(15)12-9(13-8(10)16)14-5-3-11-4-6-14/h11H,3-6H2,1-2H3,(H,12,13,15,16). The highest BCUT2D eigenvalue weighted by Gasteiger charge is 2.41. The van der Waals surface area contributed by atoms with Crippen LogP contribution in [0.1, 0.15) is 13.8 Å². The Kier molecular flexibility index (Phi) is 2.67. The van der Waals surface area contributed by atoms with E-state index < -0.39 is 5.41 Å². The fourth-order valence-corrected chi connectivity index (χ4v) is 1.65. The lowest BCUT2D eigenvalue weighted by Crippen LogP contribution is -2.58. The molecule has 0 spiro atoms. The molecule has 0 atom stereocenters. The summed E-state index contributed by atoms with van der Waals surface area (Å²) in [5.74, 6) is -0.248. The highest BCUT2D eigenvalue weighted by atomic mass is 16.2. The largest absolute Gasteiger partial charge is 0.340 e. The highest BCUT2D eigenvalue weighted by Crippen LogP contribution is 2.20. The molecule has 2 N–H and O–H groups in total. The number of piperazine rings is 1. The number of hydrogen-bond acceptors (Lipinski definition) is 4. The summed E-state index contributed by atoms with van der Waals surface area (Å²) >= 11 is 0. The van der Waals surface area contributed by atoms with E-state index in [0.29, 0.717) is 5.96 Å². The van der Waals surface area contributed by atoms with Crippen LogP contribution < -0.4 is 10.6 Å². The van der Waals surface area contributed by atoms with Crippen LogP contribution in [0.3, 0.4) is 0 Å². The molecule has 1 fully saturated rings. The maximum Gasteiger partial charge on any atom is 0.264 e. The Morgan fingerprint density at radius 2 is 1.88 bits per heavy atom. The third-order valence-corrected chi connectivity index (χ3v) is 2.95. The summed E-state index contributed by atoms with van der Waals surface area (Å²) in [6.45, 7) is 6.37. The van der Waals surface area contributed by atoms with Gasteiger partial charge in [0.15, 0.2) is 0 Å². The van der Waals surface area contributed by atoms with E-state index in [2.05, 4.69) is 15.6 Å². The smallest absolute Gasteiger partial charge is 0.264 e. The zero-order valence-electron chi connectivity index (χ0n) is 9.54. The Morgan fingerprint density at radius 3 is 2.44 bits per heavy atom. The molecule has 0 saturated carbocycles. The number of aliphatic imine (C=N–C) groups is 1. The van der Waals surface area contributed by atoms with Crippen molar-refractivity contribution in [3.8, 4) is 0 Å². The molecular formula is C10H16N4O2. The van der Waals surface area contributed by atoms with Crippen molar-refractivity contribution in [3.63, 3.8) is 0 Å². The van der Waals surface area contributed by atoms with E-state index in [0.717, 1.165) is 26.2 Å². The maximum atomic E-state index is 11.7. The average molecular weight is 224 g/mol. The first-order valence-corrected chi connectivity index (χ1v) is 5.42. The van der Waals surface area contributed by atoms with Gasteiger partial charge in [-0.1, -0.05) is 0 Å². The van der Waals surface area contributed by atoms with Gasteiger partial charge in [-0.3, -0.25) is 14.9 Å². The van der Waals surface area contributed by atoms with Crippen LogP contribution in [-0.2, 0) is 9.59 Å². The van der Waals surface area contributed by atoms with Gasteiger partial charge < -0.3 is 10.2 Å². The SMILES string of the molecule is CC1(C)C(=O)N=C(N2CCNCC2)NC1=O. The fourth-order valence-electron chi connectivity index (χ4n) is 1.65. The molecule has 6 heteroatoms. The van der Waals surface area contributed by atoms with Crippen molar-refractivity contribution in [2.45, 2.75) is 13.8 Å². The van der Waals surface area contributed by atoms with E-state index in [9.17, 15) is 9.59 Å². The van der Waals surface area contributed by atoms with Crippen LogP contribution in [0.4, 0.5) is 0 Å². The second-order valence-electron chi connectivity index (χ2n) is 4.56. The summed E-state index contributed by atoms with van der Waals surface area (Å²) in [4.78, 5) is 29.3. The fraction of sp³-hybridized carbons (Fsp3) is 0.700. The van der Waals surface area contributed by atoms with Crippen LogP contribution in [0, 0.1) is 5.41 Å². The molecule has 0 unspecified atom stereocenters. The van der Waals surface area contributed by atoms with E-state index in [1.807, 2.05) is 4.90 Å². The van der Waals surface area contributed by atoms with Crippen molar-refractivity contribution >= 4 is 17.8 Å². The molecule has 2 aliphatic heterocycles. The van der Waals surface area contributed by atoms with Crippen molar-refractivity contribution < 1.29 is 9.59 Å². The summed E-state index contributed by atoms with van der Waals surface area (Å²) < 4.78 is 0. The number of guanidine groups is 1. The molecule has 0 radical (unpaired) electrons. The molecule has 0 aromatic heterocycles. The molecule has 0 aromatic rings. The van der Waals surface area contributed by atoms with Crippen molar-refractivity contribution in [2.24, 2.45) is 10.4 Å². The normalized spacial score (nSPS) is 25.1. The number of amides is 2. The number of carbonyl (C=O) groups is 2. The third-order valence-electron chi connectivity index (χ3n) is 2.95. The quantitative estimate of drug-likeness (QED) is 0.514. The predicted molar refractivity (Wildman–Crippen MR) is 58.8 cm³/mol. The van der Waals surface area contributed by atoms with E-state index in [1.54, 1.807) is 13.8 Å². The topological polar surface area (TPSA) is 73.8 Å². The maximum absolute atomic E-state index is 11.7. The van der Waals surface area contributed by atoms with Crippen LogP contribution in [-0.4, -0.2) is 48.9 Å². The van der Waals surface area contributed by atoms with E-state index >= 15 is 0 Å². The number of nitrogens with zero attached hydrogens (tertiary/aromatic N) is 2. The number of nitrogens with one attached hydrogen (secondary N) is 2. The minimum atomic E-state index is -1.04. The Balaban J connectivity index is 2.18. The van der Waals surface area contributed by atoms with Gasteiger partial charge in [-0.15, -0.1) is 0 Å². The van der Waals surface area contributed by atoms with Gasteiger partial charge in [-0.25, -0.2) is 0 Å². The van der Waals surface area contributed by atoms with Crippen LogP contribution >= 0.6 is 0 Å². The van der Waals surface area contributed by atoms with Crippen LogP contribution in [0.15, 0.2) is 4.99 Å². The monoisotopic (exact) mass is 224 g/mol. The first-order chi connectivity index (χ1) is 7.51. The van der Waals surface area contributed by atoms with Gasteiger partial charge in [-0.2, -0.15) is 4.99 Å². The minimum absolute atomic E-state index is 0.277. The first-order valence-electron chi connectivity index (χ1n) is 5.42. The average Bonchev–Trinajstić information content (AvgIpc) is 2.27. The van der Waals surface area contributed by atoms with Crippen molar-refractivity contribution in [1.29, 1.82) is 0 Å². The van der Waals surface area contributed by atoms with Crippen LogP contribution in [0.5, 0.6) is 0 Å². The van der Waals surface area contributed by atoms with Crippen molar-refractivity contribution in [2.75, 3.05) is 26.2 Å². The summed E-state index contributed by atoms with van der Waals surface area (Å²) in [6.07, 6.45) is 0. The molecule has 88 valence electrons. The molecular weight excluding hydrogens is 208 g/mol. The molecule has 2 heterocycles. The molecule has 0 bridgehead atoms. The minimum Gasteiger partial charge on any atom is -0.340 e. The van der Waals surface area contributed by atoms with E-state index in [1.165, 1.54) is 0 Å². The number of carbonyl (C=O) groups excluding carboxylic acids is 2. The van der Waals surface area contributed by atoms with Gasteiger partial charge in [0.05, 0.1) is 0 Å². The van der Waals surface area contributed by atoms with Crippen LogP contribution in [0.2, 0.25) is 0 Å². The second kappa shape index (κ2) is 3.86. The molecule has 1 saturated heterocycles. The Hall–Kier alpha value is -1.43. The van der Waals surface area contributed by atoms with Gasteiger partial charge in [0.25, 0.3) is 5.91 Å². The molecule has 0 aromatic carbocycles.